The molecule has 0 aliphatic heterocycles. The summed E-state index contributed by atoms with van der Waals surface area (Å²) in [7, 11) is 0. The molecule has 0 saturated heterocycles. The molecule has 0 fully saturated rings. The van der Waals surface area contributed by atoms with Crippen molar-refractivity contribution in [3.05, 3.63) is 26.3 Å². The topological polar surface area (TPSA) is 40.1 Å². The predicted molar refractivity (Wildman–Crippen MR) is 51.7 cm³/mol. The second-order valence-electron chi connectivity index (χ2n) is 1.83. The monoisotopic (exact) mass is 171 g/mol. The Labute approximate surface area is 75.6 Å². The van der Waals surface area contributed by atoms with Crippen molar-refractivity contribution >= 4 is 5.97 Å². The fraction of sp³-hybridized carbons (Fsp3) is 0.500. The molecule has 0 unspecified atom stereocenters. The number of rotatable bonds is 4. The van der Waals surface area contributed by atoms with Crippen LogP contribution in [0.15, 0.2) is 26.3 Å². The zero-order chi connectivity index (χ0) is 10.4. The van der Waals surface area contributed by atoms with Crippen LogP contribution in [-0.4, -0.2) is 5.97 Å². The van der Waals surface area contributed by atoms with Gasteiger partial charge < -0.3 is 9.90 Å². The van der Waals surface area contributed by atoms with Gasteiger partial charge in [0.25, 0.3) is 0 Å². The fourth-order valence-corrected chi connectivity index (χ4v) is 0.519. The predicted octanol–water partition coefficient (Wildman–Crippen LogP) is 1.92. The van der Waals surface area contributed by atoms with E-state index < -0.39 is 5.97 Å². The first-order chi connectivity index (χ1) is 5.77. The molecule has 0 amide bonds. The van der Waals surface area contributed by atoms with Crippen LogP contribution in [-0.2, 0) is 4.79 Å². The van der Waals surface area contributed by atoms with Crippen LogP contribution in [0.1, 0.15) is 32.6 Å². The van der Waals surface area contributed by atoms with E-state index in [2.05, 4.69) is 26.3 Å². The minimum Gasteiger partial charge on any atom is -0.550 e. The minimum atomic E-state index is -0.932. The summed E-state index contributed by atoms with van der Waals surface area (Å²) in [4.78, 5) is 9.76. The van der Waals surface area contributed by atoms with Gasteiger partial charge in [-0.25, -0.2) is 0 Å². The Kier molecular flexibility index (Phi) is 32.2. The molecule has 0 rings (SSSR count). The van der Waals surface area contributed by atoms with E-state index in [9.17, 15) is 9.90 Å². The molecule has 72 valence electrons. The summed E-state index contributed by atoms with van der Waals surface area (Å²) in [5.74, 6) is -0.932. The molecule has 0 aliphatic rings. The van der Waals surface area contributed by atoms with Gasteiger partial charge in [-0.2, -0.15) is 0 Å². The van der Waals surface area contributed by atoms with Crippen LogP contribution in [0.2, 0.25) is 0 Å². The van der Waals surface area contributed by atoms with Gasteiger partial charge in [-0.15, -0.1) is 26.3 Å². The van der Waals surface area contributed by atoms with Gasteiger partial charge in [0.2, 0.25) is 0 Å². The van der Waals surface area contributed by atoms with Crippen molar-refractivity contribution < 1.29 is 9.90 Å². The number of carbonyl (C=O) groups is 1. The second-order valence-corrected chi connectivity index (χ2v) is 1.83. The maximum absolute atomic E-state index is 9.76. The van der Waals surface area contributed by atoms with Gasteiger partial charge in [0.05, 0.1) is 0 Å². The molecule has 0 spiro atoms. The van der Waals surface area contributed by atoms with E-state index in [1.54, 1.807) is 0 Å². The molecule has 0 aromatic carbocycles. The lowest BCUT2D eigenvalue weighted by molar-refractivity contribution is -0.305. The quantitative estimate of drug-likeness (QED) is 0.479. The molecular weight excluding hydrogens is 152 g/mol. The van der Waals surface area contributed by atoms with Crippen LogP contribution in [0.5, 0.6) is 0 Å². The highest BCUT2D eigenvalue weighted by Gasteiger charge is 1.84. The average molecular weight is 171 g/mol. The summed E-state index contributed by atoms with van der Waals surface area (Å²) >= 11 is 0. The number of carbonyl (C=O) groups excluding carboxylic acids is 1. The van der Waals surface area contributed by atoms with E-state index in [4.69, 9.17) is 0 Å². The van der Waals surface area contributed by atoms with Crippen LogP contribution in [0.3, 0.4) is 0 Å². The zero-order valence-corrected chi connectivity index (χ0v) is 7.97. The van der Waals surface area contributed by atoms with E-state index in [0.717, 1.165) is 19.3 Å². The highest BCUT2D eigenvalue weighted by Crippen LogP contribution is 1.96. The number of carboxylic acids is 1. The average Bonchev–Trinajstić information content (AvgIpc) is 2.12. The molecule has 0 aromatic heterocycles. The van der Waals surface area contributed by atoms with Gasteiger partial charge >= 0.3 is 0 Å². The molecule has 0 radical (unpaired) electrons. The first-order valence-electron chi connectivity index (χ1n) is 3.97. The van der Waals surface area contributed by atoms with Crippen molar-refractivity contribution in [1.29, 1.82) is 0 Å². The van der Waals surface area contributed by atoms with Gasteiger partial charge in [-0.05, 0) is 12.8 Å². The highest BCUT2D eigenvalue weighted by atomic mass is 16.4. The SMILES string of the molecule is C=C.C=C.CCCCCC(=O)[O-]. The number of unbranched alkanes of at least 4 members (excludes halogenated alkanes) is 2. The normalized spacial score (nSPS) is 6.75. The number of hydrogen-bond acceptors (Lipinski definition) is 2. The van der Waals surface area contributed by atoms with Gasteiger partial charge in [0.1, 0.15) is 0 Å². The first-order valence-corrected chi connectivity index (χ1v) is 3.97. The largest absolute Gasteiger partial charge is 0.550 e. The van der Waals surface area contributed by atoms with Gasteiger partial charge in [0, 0.05) is 5.97 Å². The van der Waals surface area contributed by atoms with Gasteiger partial charge in [0.15, 0.2) is 0 Å². The molecule has 2 nitrogen and oxygen atoms in total. The van der Waals surface area contributed by atoms with Crippen molar-refractivity contribution in [2.45, 2.75) is 32.6 Å². The summed E-state index contributed by atoms with van der Waals surface area (Å²) in [6.07, 6.45) is 3.04. The third-order valence-corrected chi connectivity index (χ3v) is 0.984. The zero-order valence-electron chi connectivity index (χ0n) is 7.97. The molecular formula is C10H19O2-. The lowest BCUT2D eigenvalue weighted by Crippen LogP contribution is -2.21. The van der Waals surface area contributed by atoms with Crippen molar-refractivity contribution in [1.82, 2.24) is 0 Å². The van der Waals surface area contributed by atoms with Crippen molar-refractivity contribution in [3.8, 4) is 0 Å². The molecule has 0 atom stereocenters. The van der Waals surface area contributed by atoms with Crippen LogP contribution >= 0.6 is 0 Å². The Morgan fingerprint density at radius 1 is 1.17 bits per heavy atom. The van der Waals surface area contributed by atoms with Crippen LogP contribution < -0.4 is 5.11 Å². The summed E-state index contributed by atoms with van der Waals surface area (Å²) in [5.41, 5.74) is 0. The maximum atomic E-state index is 9.76. The number of hydrogen-bond donors (Lipinski definition) is 0. The Bertz CT molecular complexity index is 87.8. The summed E-state index contributed by atoms with van der Waals surface area (Å²) in [6.45, 7) is 14.0. The van der Waals surface area contributed by atoms with E-state index in [-0.39, 0.29) is 6.42 Å². The Morgan fingerprint density at radius 2 is 1.58 bits per heavy atom. The molecule has 12 heavy (non-hydrogen) atoms. The Morgan fingerprint density at radius 3 is 1.83 bits per heavy atom. The van der Waals surface area contributed by atoms with E-state index in [1.165, 1.54) is 0 Å². The molecule has 0 heterocycles. The molecule has 0 N–H and O–H groups in total. The van der Waals surface area contributed by atoms with Gasteiger partial charge in [-0.1, -0.05) is 19.8 Å². The third kappa shape index (κ3) is 36.3. The first kappa shape index (κ1) is 17.2. The van der Waals surface area contributed by atoms with E-state index in [0.29, 0.717) is 0 Å². The number of carboxylic acid groups (broad SMARTS) is 1. The number of aliphatic carboxylic acids is 1. The van der Waals surface area contributed by atoms with E-state index in [1.807, 2.05) is 6.92 Å². The standard InChI is InChI=1S/C6H12O2.2C2H4/c1-2-3-4-5-6(7)8;2*1-2/h2-5H2,1H3,(H,7,8);2*1-2H2/p-1. The van der Waals surface area contributed by atoms with Crippen LogP contribution in [0.25, 0.3) is 0 Å². The molecule has 0 aliphatic carbocycles. The smallest absolute Gasteiger partial charge is 0.0414 e. The van der Waals surface area contributed by atoms with Crippen LogP contribution in [0.4, 0.5) is 0 Å². The third-order valence-electron chi connectivity index (χ3n) is 0.984. The van der Waals surface area contributed by atoms with Gasteiger partial charge in [-0.3, -0.25) is 0 Å². The highest BCUT2D eigenvalue weighted by molar-refractivity contribution is 5.63. The lowest BCUT2D eigenvalue weighted by Gasteiger charge is -1.97. The van der Waals surface area contributed by atoms with Crippen molar-refractivity contribution in [2.75, 3.05) is 0 Å². The Balaban J connectivity index is -0.000000175. The minimum absolute atomic E-state index is 0.216. The molecule has 0 aromatic rings. The molecule has 0 saturated carbocycles. The van der Waals surface area contributed by atoms with Crippen molar-refractivity contribution in [3.63, 3.8) is 0 Å². The summed E-state index contributed by atoms with van der Waals surface area (Å²) < 4.78 is 0. The maximum Gasteiger partial charge on any atom is 0.0414 e. The van der Waals surface area contributed by atoms with E-state index >= 15 is 0 Å². The molecule has 2 heteroatoms. The fourth-order valence-electron chi connectivity index (χ4n) is 0.519. The Hall–Kier alpha value is -1.05. The summed E-state index contributed by atoms with van der Waals surface area (Å²) in [6, 6.07) is 0. The van der Waals surface area contributed by atoms with Crippen LogP contribution in [0, 0.1) is 0 Å². The second kappa shape index (κ2) is 22.5. The van der Waals surface area contributed by atoms with Crippen molar-refractivity contribution in [2.24, 2.45) is 0 Å². The molecule has 0 bridgehead atoms. The lowest BCUT2D eigenvalue weighted by atomic mass is 10.2. The summed E-state index contributed by atoms with van der Waals surface area (Å²) in [5, 5.41) is 9.76.